The molecule has 126 valence electrons. The zero-order valence-electron chi connectivity index (χ0n) is 13.3. The van der Waals surface area contributed by atoms with Crippen LogP contribution < -0.4 is 4.46 Å². The molecule has 1 heterocycles. The van der Waals surface area contributed by atoms with E-state index in [0.29, 0.717) is 12.8 Å². The van der Waals surface area contributed by atoms with Crippen molar-refractivity contribution in [2.24, 2.45) is 0 Å². The van der Waals surface area contributed by atoms with Gasteiger partial charge in [-0.2, -0.15) is 0 Å². The van der Waals surface area contributed by atoms with Gasteiger partial charge in [0, 0.05) is 0 Å². The SMILES string of the molecule is CCOP1(=O)CCC([Se]c2ccccc2)=C(c2cccc(Br)c2)O1. The summed E-state index contributed by atoms with van der Waals surface area (Å²) in [5.41, 5.74) is 0.941. The molecule has 0 bridgehead atoms. The Morgan fingerprint density at radius 2 is 2.00 bits per heavy atom. The van der Waals surface area contributed by atoms with E-state index in [0.717, 1.165) is 22.2 Å². The van der Waals surface area contributed by atoms with E-state index in [-0.39, 0.29) is 15.0 Å². The van der Waals surface area contributed by atoms with E-state index in [2.05, 4.69) is 28.1 Å². The van der Waals surface area contributed by atoms with Gasteiger partial charge in [-0.05, 0) is 0 Å². The van der Waals surface area contributed by atoms with E-state index in [1.807, 2.05) is 49.4 Å². The molecule has 3 nitrogen and oxygen atoms in total. The first kappa shape index (κ1) is 18.0. The van der Waals surface area contributed by atoms with Crippen molar-refractivity contribution >= 4 is 48.7 Å². The summed E-state index contributed by atoms with van der Waals surface area (Å²) in [4.78, 5) is 0. The Kier molecular flexibility index (Phi) is 6.02. The average Bonchev–Trinajstić information content (AvgIpc) is 2.58. The van der Waals surface area contributed by atoms with E-state index < -0.39 is 7.60 Å². The quantitative estimate of drug-likeness (QED) is 0.464. The average molecular weight is 472 g/mol. The molecule has 0 aliphatic carbocycles. The van der Waals surface area contributed by atoms with Gasteiger partial charge < -0.3 is 0 Å². The first-order valence-electron chi connectivity index (χ1n) is 7.75. The molecule has 0 fully saturated rings. The van der Waals surface area contributed by atoms with E-state index in [1.165, 1.54) is 8.93 Å². The minimum atomic E-state index is -3.06. The monoisotopic (exact) mass is 472 g/mol. The van der Waals surface area contributed by atoms with Gasteiger partial charge in [-0.1, -0.05) is 0 Å². The molecule has 1 atom stereocenters. The molecule has 0 amide bonds. The second kappa shape index (κ2) is 8.03. The standard InChI is InChI=1S/C18H18BrO3PSe/c1-2-21-23(20)12-11-17(24-16-9-4-3-5-10-16)18(22-23)14-7-6-8-15(19)13-14/h3-10,13H,2,11-12H2,1H3. The van der Waals surface area contributed by atoms with Crippen molar-refractivity contribution < 1.29 is 13.6 Å². The maximum atomic E-state index is 12.8. The van der Waals surface area contributed by atoms with E-state index in [1.54, 1.807) is 0 Å². The van der Waals surface area contributed by atoms with Gasteiger partial charge in [0.25, 0.3) is 0 Å². The van der Waals surface area contributed by atoms with Crippen molar-refractivity contribution in [2.75, 3.05) is 12.8 Å². The van der Waals surface area contributed by atoms with Crippen molar-refractivity contribution in [2.45, 2.75) is 13.3 Å². The van der Waals surface area contributed by atoms with Gasteiger partial charge in [-0.15, -0.1) is 0 Å². The van der Waals surface area contributed by atoms with Crippen LogP contribution in [0.3, 0.4) is 0 Å². The van der Waals surface area contributed by atoms with Crippen LogP contribution in [0.5, 0.6) is 0 Å². The van der Waals surface area contributed by atoms with E-state index in [9.17, 15) is 4.57 Å². The molecular formula is C18H18BrO3PSe. The third-order valence-corrected chi connectivity index (χ3v) is 8.27. The van der Waals surface area contributed by atoms with Crippen molar-refractivity contribution in [3.8, 4) is 0 Å². The van der Waals surface area contributed by atoms with Crippen LogP contribution in [-0.2, 0) is 13.6 Å². The van der Waals surface area contributed by atoms with Crippen LogP contribution in [0.1, 0.15) is 18.9 Å². The predicted molar refractivity (Wildman–Crippen MR) is 103 cm³/mol. The van der Waals surface area contributed by atoms with Gasteiger partial charge in [-0.3, -0.25) is 0 Å². The molecule has 1 unspecified atom stereocenters. The van der Waals surface area contributed by atoms with Crippen LogP contribution in [0, 0.1) is 0 Å². The Balaban J connectivity index is 2.00. The first-order chi connectivity index (χ1) is 11.6. The minimum absolute atomic E-state index is 0.135. The normalized spacial score (nSPS) is 20.8. The predicted octanol–water partition coefficient (Wildman–Crippen LogP) is 4.80. The summed E-state index contributed by atoms with van der Waals surface area (Å²) >= 11 is 3.64. The molecule has 0 N–H and O–H groups in total. The Morgan fingerprint density at radius 3 is 2.71 bits per heavy atom. The number of allylic oxidation sites excluding steroid dienone is 1. The van der Waals surface area contributed by atoms with Crippen LogP contribution in [0.25, 0.3) is 5.76 Å². The Morgan fingerprint density at radius 1 is 1.21 bits per heavy atom. The van der Waals surface area contributed by atoms with E-state index >= 15 is 0 Å². The maximum absolute atomic E-state index is 12.8. The van der Waals surface area contributed by atoms with Crippen LogP contribution in [0.15, 0.2) is 63.5 Å². The topological polar surface area (TPSA) is 35.5 Å². The molecular weight excluding hydrogens is 454 g/mol. The van der Waals surface area contributed by atoms with Gasteiger partial charge in [0.1, 0.15) is 0 Å². The van der Waals surface area contributed by atoms with Gasteiger partial charge in [-0.25, -0.2) is 0 Å². The molecule has 6 heteroatoms. The molecule has 1 aliphatic heterocycles. The Labute approximate surface area is 157 Å². The zero-order valence-corrected chi connectivity index (χ0v) is 17.5. The fraction of sp³-hybridized carbons (Fsp3) is 0.222. The Hall–Kier alpha value is -0.831. The third-order valence-electron chi connectivity index (χ3n) is 3.49. The van der Waals surface area contributed by atoms with Crippen molar-refractivity contribution in [3.05, 3.63) is 69.1 Å². The molecule has 2 aromatic rings. The molecule has 3 rings (SSSR count). The summed E-state index contributed by atoms with van der Waals surface area (Å²) in [6.07, 6.45) is 1.19. The van der Waals surface area contributed by atoms with Crippen molar-refractivity contribution in [1.82, 2.24) is 0 Å². The summed E-state index contributed by atoms with van der Waals surface area (Å²) < 4.78 is 27.7. The molecule has 0 saturated carbocycles. The van der Waals surface area contributed by atoms with Crippen molar-refractivity contribution in [3.63, 3.8) is 0 Å². The molecule has 0 spiro atoms. The van der Waals surface area contributed by atoms with Crippen LogP contribution in [0.4, 0.5) is 0 Å². The first-order valence-corrected chi connectivity index (χ1v) is 12.0. The van der Waals surface area contributed by atoms with Crippen LogP contribution in [-0.4, -0.2) is 27.7 Å². The summed E-state index contributed by atoms with van der Waals surface area (Å²) in [5, 5.41) is 0. The molecule has 2 aromatic carbocycles. The number of rotatable bonds is 5. The second-order valence-electron chi connectivity index (χ2n) is 5.27. The fourth-order valence-electron chi connectivity index (χ4n) is 2.45. The summed E-state index contributed by atoms with van der Waals surface area (Å²) in [7, 11) is -3.06. The van der Waals surface area contributed by atoms with Crippen LogP contribution >= 0.6 is 23.5 Å². The Bertz CT molecular complexity index is 792. The molecule has 1 aliphatic rings. The second-order valence-corrected chi connectivity index (χ2v) is 10.7. The summed E-state index contributed by atoms with van der Waals surface area (Å²) in [5.74, 6) is 0.725. The summed E-state index contributed by atoms with van der Waals surface area (Å²) in [6.45, 7) is 2.23. The van der Waals surface area contributed by atoms with Crippen molar-refractivity contribution in [1.29, 1.82) is 0 Å². The number of hydrogen-bond donors (Lipinski definition) is 0. The van der Waals surface area contributed by atoms with Gasteiger partial charge in [0.2, 0.25) is 0 Å². The molecule has 0 radical (unpaired) electrons. The fourth-order valence-corrected chi connectivity index (χ4v) is 7.15. The molecule has 0 saturated heterocycles. The van der Waals surface area contributed by atoms with Gasteiger partial charge in [0.05, 0.1) is 0 Å². The van der Waals surface area contributed by atoms with Crippen LogP contribution in [0.2, 0.25) is 0 Å². The number of halogens is 1. The zero-order chi connectivity index (χ0) is 17.0. The number of hydrogen-bond acceptors (Lipinski definition) is 3. The molecule has 0 aromatic heterocycles. The van der Waals surface area contributed by atoms with E-state index in [4.69, 9.17) is 9.05 Å². The molecule has 24 heavy (non-hydrogen) atoms. The summed E-state index contributed by atoms with van der Waals surface area (Å²) in [6, 6.07) is 18.3. The third kappa shape index (κ3) is 4.41. The van der Waals surface area contributed by atoms with Gasteiger partial charge in [0.15, 0.2) is 0 Å². The number of benzene rings is 2. The van der Waals surface area contributed by atoms with Gasteiger partial charge >= 0.3 is 158 Å².